The molecule has 34 nitrogen and oxygen atoms in total. The van der Waals surface area contributed by atoms with Crippen LogP contribution in [0.3, 0.4) is 0 Å². The van der Waals surface area contributed by atoms with Crippen LogP contribution in [0, 0.1) is 86.0 Å². The van der Waals surface area contributed by atoms with Crippen LogP contribution in [0.5, 0.6) is 5.75 Å². The largest absolute Gasteiger partial charge is 0.497 e. The Labute approximate surface area is 821 Å². The fraction of sp³-hybridized carbons (Fsp3) is 0.396. The number of rotatable bonds is 29. The van der Waals surface area contributed by atoms with Crippen molar-refractivity contribution in [3.8, 4) is 5.75 Å². The Kier molecular flexibility index (Phi) is 28.9. The summed E-state index contributed by atoms with van der Waals surface area (Å²) in [6, 6.07) is 12.7. The van der Waals surface area contributed by atoms with Crippen molar-refractivity contribution in [2.45, 2.75) is 150 Å². The molecular formula is C96H94F8N24O10S4. The number of fused-ring (bicyclic) bond motifs is 4. The number of amides is 4. The van der Waals surface area contributed by atoms with Crippen LogP contribution in [0.2, 0.25) is 0 Å². The van der Waals surface area contributed by atoms with Gasteiger partial charge in [0.25, 0.3) is 23.6 Å². The molecule has 20 rings (SSSR count). The number of likely N-dealkylation sites (tertiary alicyclic amines) is 4. The van der Waals surface area contributed by atoms with Crippen molar-refractivity contribution in [3.63, 3.8) is 0 Å². The molecule has 1 aromatic carbocycles. The van der Waals surface area contributed by atoms with Gasteiger partial charge >= 0.3 is 6.18 Å². The zero-order valence-electron chi connectivity index (χ0n) is 78.2. The summed E-state index contributed by atoms with van der Waals surface area (Å²) in [6.45, 7) is 19.2. The van der Waals surface area contributed by atoms with Gasteiger partial charge < -0.3 is 50.0 Å². The number of ether oxygens (including phenoxy) is 1. The van der Waals surface area contributed by atoms with Crippen LogP contribution in [0.4, 0.5) is 58.9 Å². The molecule has 4 amide bonds. The van der Waals surface area contributed by atoms with Gasteiger partial charge in [0.05, 0.1) is 87.9 Å². The highest BCUT2D eigenvalue weighted by Crippen LogP contribution is 2.59. The van der Waals surface area contributed by atoms with Gasteiger partial charge in [0.15, 0.2) is 56.9 Å². The number of aromatic nitrogens is 16. The maximum Gasteiger partial charge on any atom is 0.401 e. The van der Waals surface area contributed by atoms with Crippen LogP contribution in [0.15, 0.2) is 121 Å². The molecule has 0 unspecified atom stereocenters. The molecule has 4 aliphatic heterocycles. The third-order valence-corrected chi connectivity index (χ3v) is 29.2. The molecule has 142 heavy (non-hydrogen) atoms. The van der Waals surface area contributed by atoms with E-state index in [0.717, 1.165) is 39.8 Å². The first kappa shape index (κ1) is 99.5. The summed E-state index contributed by atoms with van der Waals surface area (Å²) >= 11 is 5.33. The van der Waals surface area contributed by atoms with Crippen LogP contribution >= 0.6 is 45.3 Å². The van der Waals surface area contributed by atoms with Crippen molar-refractivity contribution in [1.29, 1.82) is 0 Å². The Morgan fingerprint density at radius 1 is 0.437 bits per heavy atom. The van der Waals surface area contributed by atoms with Gasteiger partial charge in [-0.05, 0) is 153 Å². The fourth-order valence-corrected chi connectivity index (χ4v) is 20.7. The number of carbonyl (C=O) groups is 8. The molecule has 13 aromatic heterocycles. The minimum atomic E-state index is -4.53. The van der Waals surface area contributed by atoms with Gasteiger partial charge in [0.1, 0.15) is 76.7 Å². The first-order chi connectivity index (χ1) is 67.7. The standard InChI is InChI=1S/C26H25FN6O3S.C24H26F2N6O2S.C23H22F4N6O2S.C23H21FN6O3S/c1-14(18-8-19(27)11-28-10-18)29-26-31-22(23-24(32-26)30-15(2)37-23)25(35)33-12-16(13-33)7-21(34)17-5-4-6-20(9-17)36-3;1-12(15-5-17(25)9-27-8-15)28-23-30-19(20-21(31-23)29-13(2)35-20)22(34)32-10-14(11-32)4-18(33)16-6-24(3,26)7-16;1-11(14-6-15(24)8-28-7-14)29-21-31-17(18-19(32-21)30-12(2)36-18)20(35)33-9-13(10-33)5-16(34)22(3-4-22)23(25,26)27;1-12(16-6-17(24)8-25-7-16)26-23-28-19(20-21(29-23)27-13(2)34-20)22(32)30-9-14(10-30)5-18(31)15-3-4-33-11-15/h4-6,8-11,14,16H,7,12-13H2,1-3H3,(H,29,31,32);5,8-9,12,14,16H,4,6-7,10-11H2,1-3H3,(H,28,30,31);6-8,11,13H,3-5,9-10H2,1-2H3,(H,29,31,32);3-4,6-8,11-12,14H,5,9-10H2,1-2H3,(H,26,28,29)/t14-;12-,16?,24?;11-;12-/m0000/s1. The summed E-state index contributed by atoms with van der Waals surface area (Å²) in [7, 11) is 1.56. The number of benzene rings is 1. The van der Waals surface area contributed by atoms with Gasteiger partial charge in [-0.15, -0.1) is 45.3 Å². The Morgan fingerprint density at radius 3 is 1.04 bits per heavy atom. The smallest absolute Gasteiger partial charge is 0.401 e. The highest BCUT2D eigenvalue weighted by atomic mass is 32.1. The minimum Gasteiger partial charge on any atom is -0.497 e. The van der Waals surface area contributed by atoms with E-state index >= 15 is 0 Å². The number of nitrogens with one attached hydrogen (secondary N) is 4. The molecule has 0 spiro atoms. The van der Waals surface area contributed by atoms with Gasteiger partial charge in [-0.3, -0.25) is 58.3 Å². The molecule has 738 valence electrons. The number of hydrogen-bond acceptors (Lipinski definition) is 34. The van der Waals surface area contributed by atoms with Crippen molar-refractivity contribution < 1.29 is 82.6 Å². The van der Waals surface area contributed by atoms with E-state index in [1.165, 1.54) is 100 Å². The van der Waals surface area contributed by atoms with Crippen LogP contribution in [-0.4, -0.2) is 217 Å². The van der Waals surface area contributed by atoms with Crippen LogP contribution in [0.1, 0.15) is 215 Å². The monoisotopic (exact) mass is 2020 g/mol. The van der Waals surface area contributed by atoms with E-state index in [1.807, 2.05) is 41.5 Å². The number of Topliss-reactive ketones (excluding diaryl/α,β-unsaturated/α-hetero) is 4. The molecule has 4 saturated heterocycles. The molecule has 6 fully saturated rings. The number of pyridine rings is 4. The van der Waals surface area contributed by atoms with E-state index < -0.39 is 58.3 Å². The third-order valence-electron chi connectivity index (χ3n) is 25.3. The van der Waals surface area contributed by atoms with Crippen molar-refractivity contribution in [1.82, 2.24) is 99.3 Å². The van der Waals surface area contributed by atoms with Gasteiger partial charge in [-0.2, -0.15) is 33.1 Å². The van der Waals surface area contributed by atoms with Crippen LogP contribution in [0.25, 0.3) is 41.4 Å². The lowest BCUT2D eigenvalue weighted by atomic mass is 9.70. The quantitative estimate of drug-likeness (QED) is 0.0250. The van der Waals surface area contributed by atoms with Crippen molar-refractivity contribution in [2.75, 3.05) is 80.7 Å². The summed E-state index contributed by atoms with van der Waals surface area (Å²) < 4.78 is 120. The fourth-order valence-electron chi connectivity index (χ4n) is 17.3. The highest BCUT2D eigenvalue weighted by molar-refractivity contribution is 7.20. The lowest BCUT2D eigenvalue weighted by Gasteiger charge is -2.42. The number of methoxy groups -OCH3 is 1. The first-order valence-corrected chi connectivity index (χ1v) is 48.8. The SMILES string of the molecule is COc1cccc(C(=O)CC2CN(C(=O)c3nc(N[C@@H](C)c4cncc(F)c4)nc4nc(C)sc34)C2)c1.Cc1nc2nc(N[C@@H](C)c3cncc(F)c3)nc(C(=O)N3CC(CC(=O)C4(C(F)(F)F)CC4)C3)c2s1.Cc1nc2nc(N[C@@H](C)c3cncc(F)c3)nc(C(=O)N3CC(CC(=O)C4CC(C)(F)C4)C3)c2s1.Cc1nc2nc(N[C@@H](C)c3cncc(F)c3)nc(C(=O)N3CC(CC(=O)c4ccoc4)C3)c2s1. The number of alkyl halides is 4. The third kappa shape index (κ3) is 22.6. The van der Waals surface area contributed by atoms with E-state index in [2.05, 4.69) is 101 Å². The molecule has 2 aliphatic carbocycles. The van der Waals surface area contributed by atoms with Crippen molar-refractivity contribution in [2.24, 2.45) is 35.0 Å². The number of carbonyl (C=O) groups excluding carboxylic acids is 8. The van der Waals surface area contributed by atoms with Crippen LogP contribution in [-0.2, 0) is 9.59 Å². The normalized spacial score (nSPS) is 17.5. The molecule has 14 aromatic rings. The molecule has 6 aliphatic rings. The van der Waals surface area contributed by atoms with Crippen molar-refractivity contribution >= 4 is 157 Å². The second-order valence-corrected chi connectivity index (χ2v) is 41.3. The zero-order chi connectivity index (χ0) is 101. The van der Waals surface area contributed by atoms with Gasteiger partial charge in [-0.1, -0.05) is 12.1 Å². The molecule has 2 saturated carbocycles. The Bertz CT molecular complexity index is 7180. The predicted octanol–water partition coefficient (Wildman–Crippen LogP) is 17.2. The second kappa shape index (κ2) is 41.3. The molecule has 4 atom stereocenters. The predicted molar refractivity (Wildman–Crippen MR) is 511 cm³/mol. The Hall–Kier alpha value is -14.0. The molecular weight excluding hydrogens is 1930 g/mol. The molecule has 4 N–H and O–H groups in total. The average molecular weight is 2020 g/mol. The van der Waals surface area contributed by atoms with Gasteiger partial charge in [0, 0.05) is 138 Å². The van der Waals surface area contributed by atoms with Gasteiger partial charge in [0.2, 0.25) is 23.8 Å². The number of anilines is 4. The summed E-state index contributed by atoms with van der Waals surface area (Å²) in [4.78, 5) is 178. The highest BCUT2D eigenvalue weighted by Gasteiger charge is 2.68. The summed E-state index contributed by atoms with van der Waals surface area (Å²) in [5.41, 5.74) is 2.67. The number of hydrogen-bond donors (Lipinski definition) is 4. The molecule has 0 radical (unpaired) electrons. The van der Waals surface area contributed by atoms with E-state index in [1.54, 1.807) is 84.6 Å². The summed E-state index contributed by atoms with van der Waals surface area (Å²) in [6.07, 6.45) is 10.2. The van der Waals surface area contributed by atoms with Gasteiger partial charge in [-0.25, -0.2) is 61.8 Å². The van der Waals surface area contributed by atoms with Crippen molar-refractivity contribution in [3.05, 3.63) is 216 Å². The lowest BCUT2D eigenvalue weighted by molar-refractivity contribution is -0.192. The van der Waals surface area contributed by atoms with E-state index in [9.17, 15) is 73.5 Å². The number of furan rings is 1. The molecule has 17 heterocycles. The molecule has 46 heteroatoms. The Balaban J connectivity index is 0.000000130. The first-order valence-electron chi connectivity index (χ1n) is 45.5. The second-order valence-electron chi connectivity index (χ2n) is 36.5. The maximum atomic E-state index is 13.7. The maximum absolute atomic E-state index is 13.7. The zero-order valence-corrected chi connectivity index (χ0v) is 81.4. The average Bonchev–Trinajstić information content (AvgIpc) is 1.58. The Morgan fingerprint density at radius 2 is 0.754 bits per heavy atom. The van der Waals surface area contributed by atoms with Crippen LogP contribution < -0.4 is 26.0 Å². The number of thiazole rings is 4. The van der Waals surface area contributed by atoms with E-state index in [0.29, 0.717) is 157 Å². The summed E-state index contributed by atoms with van der Waals surface area (Å²) in [5, 5.41) is 15.4. The number of nitrogens with zero attached hydrogens (tertiary/aromatic N) is 20. The van der Waals surface area contributed by atoms with E-state index in [-0.39, 0.29) is 162 Å². The molecule has 0 bridgehead atoms. The number of aryl methyl sites for hydroxylation is 4. The summed E-state index contributed by atoms with van der Waals surface area (Å²) in [5.74, 6) is -2.45. The minimum absolute atomic E-state index is 0.000620. The van der Waals surface area contributed by atoms with E-state index in [4.69, 9.17) is 9.15 Å². The number of halogens is 8. The topological polar surface area (TPSA) is 426 Å². The lowest BCUT2D eigenvalue weighted by Crippen LogP contribution is -2.52. The number of ketones is 4.